The summed E-state index contributed by atoms with van der Waals surface area (Å²) in [5, 5.41) is 7.20. The van der Waals surface area contributed by atoms with Gasteiger partial charge in [-0.15, -0.1) is 11.3 Å². The van der Waals surface area contributed by atoms with Crippen molar-refractivity contribution in [3.05, 3.63) is 46.5 Å². The zero-order valence-corrected chi connectivity index (χ0v) is 11.1. The summed E-state index contributed by atoms with van der Waals surface area (Å²) in [7, 11) is 0. The van der Waals surface area contributed by atoms with Gasteiger partial charge in [0.1, 0.15) is 4.60 Å². The van der Waals surface area contributed by atoms with Gasteiger partial charge in [0.05, 0.1) is 11.2 Å². The molecule has 17 heavy (non-hydrogen) atoms. The molecule has 0 spiro atoms. The van der Waals surface area contributed by atoms with E-state index >= 15 is 0 Å². The van der Waals surface area contributed by atoms with Crippen LogP contribution < -0.4 is 5.32 Å². The molecule has 5 heteroatoms. The number of hydrogen-bond donors (Lipinski definition) is 1. The number of hydrogen-bond acceptors (Lipinski definition) is 4. The first kappa shape index (κ1) is 10.7. The van der Waals surface area contributed by atoms with Crippen LogP contribution in [0.25, 0.3) is 10.9 Å². The van der Waals surface area contributed by atoms with Crippen LogP contribution in [0.2, 0.25) is 0 Å². The van der Waals surface area contributed by atoms with Gasteiger partial charge < -0.3 is 5.32 Å². The number of halogens is 1. The SMILES string of the molecule is Brc1csc(Nc2cccc3cccnc23)n1. The van der Waals surface area contributed by atoms with E-state index in [2.05, 4.69) is 31.2 Å². The van der Waals surface area contributed by atoms with Gasteiger partial charge in [-0.3, -0.25) is 4.98 Å². The highest BCUT2D eigenvalue weighted by molar-refractivity contribution is 9.10. The summed E-state index contributed by atoms with van der Waals surface area (Å²) >= 11 is 4.89. The first-order valence-corrected chi connectivity index (χ1v) is 6.72. The largest absolute Gasteiger partial charge is 0.330 e. The van der Waals surface area contributed by atoms with Crippen molar-refractivity contribution < 1.29 is 0 Å². The van der Waals surface area contributed by atoms with Crippen molar-refractivity contribution >= 4 is 49.0 Å². The third kappa shape index (κ3) is 2.16. The zero-order valence-electron chi connectivity index (χ0n) is 8.72. The van der Waals surface area contributed by atoms with Crippen molar-refractivity contribution in [2.75, 3.05) is 5.32 Å². The molecule has 0 aliphatic carbocycles. The second-order valence-corrected chi connectivity index (χ2v) is 5.15. The number of aromatic nitrogens is 2. The maximum atomic E-state index is 4.39. The Kier molecular flexibility index (Phi) is 2.78. The molecule has 0 fully saturated rings. The summed E-state index contributed by atoms with van der Waals surface area (Å²) in [5.74, 6) is 0. The third-order valence-corrected chi connectivity index (χ3v) is 3.82. The van der Waals surface area contributed by atoms with Crippen LogP contribution in [0.15, 0.2) is 46.5 Å². The van der Waals surface area contributed by atoms with Gasteiger partial charge >= 0.3 is 0 Å². The molecule has 0 atom stereocenters. The quantitative estimate of drug-likeness (QED) is 0.771. The number of nitrogens with one attached hydrogen (secondary N) is 1. The molecule has 1 N–H and O–H groups in total. The minimum absolute atomic E-state index is 0.846. The van der Waals surface area contributed by atoms with Crippen LogP contribution >= 0.6 is 27.3 Å². The number of para-hydroxylation sites is 1. The molecule has 0 aliphatic rings. The molecule has 0 bridgehead atoms. The second-order valence-electron chi connectivity index (χ2n) is 3.48. The fraction of sp³-hybridized carbons (Fsp3) is 0. The van der Waals surface area contributed by atoms with E-state index in [-0.39, 0.29) is 0 Å². The Hall–Kier alpha value is -1.46. The number of nitrogens with zero attached hydrogens (tertiary/aromatic N) is 2. The third-order valence-electron chi connectivity index (χ3n) is 2.35. The maximum absolute atomic E-state index is 4.39. The van der Waals surface area contributed by atoms with Crippen molar-refractivity contribution in [2.24, 2.45) is 0 Å². The smallest absolute Gasteiger partial charge is 0.188 e. The molecule has 2 heterocycles. The first-order chi connectivity index (χ1) is 8.33. The van der Waals surface area contributed by atoms with Crippen molar-refractivity contribution in [1.29, 1.82) is 0 Å². The number of fused-ring (bicyclic) bond motifs is 1. The van der Waals surface area contributed by atoms with Crippen LogP contribution in [0.4, 0.5) is 10.8 Å². The summed E-state index contributed by atoms with van der Waals surface area (Å²) in [6, 6.07) is 10.0. The Morgan fingerprint density at radius 1 is 1.18 bits per heavy atom. The summed E-state index contributed by atoms with van der Waals surface area (Å²) in [4.78, 5) is 8.70. The van der Waals surface area contributed by atoms with E-state index in [0.717, 1.165) is 26.3 Å². The van der Waals surface area contributed by atoms with Crippen molar-refractivity contribution in [3.8, 4) is 0 Å². The molecule has 0 aliphatic heterocycles. The van der Waals surface area contributed by atoms with Crippen LogP contribution in [-0.4, -0.2) is 9.97 Å². The Balaban J connectivity index is 2.05. The van der Waals surface area contributed by atoms with E-state index in [1.807, 2.05) is 35.7 Å². The predicted molar refractivity (Wildman–Crippen MR) is 74.8 cm³/mol. The lowest BCUT2D eigenvalue weighted by molar-refractivity contribution is 1.34. The van der Waals surface area contributed by atoms with Gasteiger partial charge in [0.2, 0.25) is 0 Å². The van der Waals surface area contributed by atoms with E-state index < -0.39 is 0 Å². The molecule has 0 unspecified atom stereocenters. The number of thiazole rings is 1. The van der Waals surface area contributed by atoms with Crippen LogP contribution in [0.3, 0.4) is 0 Å². The average Bonchev–Trinajstić information content (AvgIpc) is 2.75. The summed E-state index contributed by atoms with van der Waals surface area (Å²) < 4.78 is 0.846. The Morgan fingerprint density at radius 3 is 2.88 bits per heavy atom. The molecule has 84 valence electrons. The Morgan fingerprint density at radius 2 is 2.06 bits per heavy atom. The molecule has 0 saturated carbocycles. The van der Waals surface area contributed by atoms with Crippen LogP contribution in [0, 0.1) is 0 Å². The molecular formula is C12H8BrN3S. The normalized spacial score (nSPS) is 10.6. The average molecular weight is 306 g/mol. The highest BCUT2D eigenvalue weighted by atomic mass is 79.9. The number of anilines is 2. The lowest BCUT2D eigenvalue weighted by atomic mass is 10.2. The van der Waals surface area contributed by atoms with E-state index in [1.54, 1.807) is 17.5 Å². The highest BCUT2D eigenvalue weighted by Gasteiger charge is 2.04. The summed E-state index contributed by atoms with van der Waals surface area (Å²) in [5.41, 5.74) is 1.94. The van der Waals surface area contributed by atoms with E-state index in [1.165, 1.54) is 0 Å². The highest BCUT2D eigenvalue weighted by Crippen LogP contribution is 2.27. The molecule has 3 rings (SSSR count). The minimum atomic E-state index is 0.846. The lowest BCUT2D eigenvalue weighted by Crippen LogP contribution is -1.91. The molecule has 2 aromatic heterocycles. The van der Waals surface area contributed by atoms with Crippen LogP contribution in [-0.2, 0) is 0 Å². The number of rotatable bonds is 2. The van der Waals surface area contributed by atoms with E-state index in [9.17, 15) is 0 Å². The fourth-order valence-corrected chi connectivity index (χ4v) is 2.79. The lowest BCUT2D eigenvalue weighted by Gasteiger charge is -2.05. The van der Waals surface area contributed by atoms with Gasteiger partial charge in [-0.2, -0.15) is 0 Å². The second kappa shape index (κ2) is 4.43. The molecule has 3 nitrogen and oxygen atoms in total. The maximum Gasteiger partial charge on any atom is 0.188 e. The van der Waals surface area contributed by atoms with Crippen LogP contribution in [0.1, 0.15) is 0 Å². The van der Waals surface area contributed by atoms with Crippen molar-refractivity contribution in [2.45, 2.75) is 0 Å². The summed E-state index contributed by atoms with van der Waals surface area (Å²) in [6.45, 7) is 0. The Bertz CT molecular complexity index is 660. The number of pyridine rings is 1. The minimum Gasteiger partial charge on any atom is -0.330 e. The zero-order chi connectivity index (χ0) is 11.7. The number of benzene rings is 1. The van der Waals surface area contributed by atoms with E-state index in [0.29, 0.717) is 0 Å². The molecule has 0 radical (unpaired) electrons. The fourth-order valence-electron chi connectivity index (χ4n) is 1.63. The van der Waals surface area contributed by atoms with Gasteiger partial charge in [-0.25, -0.2) is 4.98 Å². The van der Waals surface area contributed by atoms with E-state index in [4.69, 9.17) is 0 Å². The van der Waals surface area contributed by atoms with Gasteiger partial charge in [0.25, 0.3) is 0 Å². The monoisotopic (exact) mass is 305 g/mol. The molecular weight excluding hydrogens is 298 g/mol. The topological polar surface area (TPSA) is 37.8 Å². The van der Waals surface area contributed by atoms with Gasteiger partial charge in [0.15, 0.2) is 5.13 Å². The van der Waals surface area contributed by atoms with Crippen molar-refractivity contribution in [1.82, 2.24) is 9.97 Å². The van der Waals surface area contributed by atoms with Gasteiger partial charge in [-0.05, 0) is 28.1 Å². The molecule has 0 amide bonds. The Labute approximate surface area is 111 Å². The van der Waals surface area contributed by atoms with Crippen LogP contribution in [0.5, 0.6) is 0 Å². The first-order valence-electron chi connectivity index (χ1n) is 5.05. The van der Waals surface area contributed by atoms with Gasteiger partial charge in [0, 0.05) is 17.0 Å². The van der Waals surface area contributed by atoms with Crippen molar-refractivity contribution in [3.63, 3.8) is 0 Å². The molecule has 3 aromatic rings. The molecule has 1 aromatic carbocycles. The summed E-state index contributed by atoms with van der Waals surface area (Å²) in [6.07, 6.45) is 1.80. The predicted octanol–water partition coefficient (Wildman–Crippen LogP) is 4.20. The standard InChI is InChI=1S/C12H8BrN3S/c13-10-7-17-12(16-10)15-9-5-1-3-8-4-2-6-14-11(8)9/h1-7H,(H,15,16). The van der Waals surface area contributed by atoms with Gasteiger partial charge in [-0.1, -0.05) is 18.2 Å². The molecule has 0 saturated heterocycles.